The Hall–Kier alpha value is -2.76. The van der Waals surface area contributed by atoms with Crippen LogP contribution in [0.5, 0.6) is 5.75 Å². The highest BCUT2D eigenvalue weighted by atomic mass is 35.5. The second-order valence-electron chi connectivity index (χ2n) is 5.21. The van der Waals surface area contributed by atoms with E-state index in [1.54, 1.807) is 12.1 Å². The molecule has 29 heavy (non-hydrogen) atoms. The molecule has 0 fully saturated rings. The molecule has 0 saturated carbocycles. The number of anilines is 1. The van der Waals surface area contributed by atoms with Crippen LogP contribution in [0, 0.1) is 0 Å². The smallest absolute Gasteiger partial charge is 0.444 e. The van der Waals surface area contributed by atoms with Crippen molar-refractivity contribution in [3.05, 3.63) is 52.8 Å². The minimum Gasteiger partial charge on any atom is -0.444 e. The molecule has 0 aliphatic rings. The number of thiocarbonyl (C=S) groups is 1. The lowest BCUT2D eigenvalue weighted by Gasteiger charge is -2.13. The zero-order chi connectivity index (χ0) is 21.4. The molecule has 1 heterocycles. The molecule has 0 atom stereocenters. The Kier molecular flexibility index (Phi) is 7.88. The van der Waals surface area contributed by atoms with Gasteiger partial charge < -0.3 is 15.0 Å². The van der Waals surface area contributed by atoms with Crippen LogP contribution in [0.25, 0.3) is 0 Å². The summed E-state index contributed by atoms with van der Waals surface area (Å²) in [4.78, 5) is 34.1. The summed E-state index contributed by atoms with van der Waals surface area (Å²) in [6.45, 7) is -0.342. The monoisotopic (exact) mass is 459 g/mol. The van der Waals surface area contributed by atoms with Crippen LogP contribution in [0.1, 0.15) is 11.3 Å². The predicted molar refractivity (Wildman–Crippen MR) is 110 cm³/mol. The standard InChI is InChI=1S/C15H15ClN5O6PS/c16-10-4-3-9(13(6-10)27-28(23,24)25)8-26-15(22)20-11-2-1-5-18-12(11)7-19-21-14(17)29/h1-7H,8H2,(H,20,22)(H3,17,21,29)(H2,23,24,25)/b19-7+. The number of ether oxygens (including phenoxy) is 1. The van der Waals surface area contributed by atoms with Crippen molar-refractivity contribution in [1.29, 1.82) is 0 Å². The maximum atomic E-state index is 12.1. The number of nitrogens with one attached hydrogen (secondary N) is 2. The van der Waals surface area contributed by atoms with Crippen molar-refractivity contribution in [2.75, 3.05) is 5.32 Å². The van der Waals surface area contributed by atoms with Crippen LogP contribution in [-0.4, -0.2) is 32.2 Å². The molecule has 6 N–H and O–H groups in total. The molecular formula is C15H15ClN5O6PS. The van der Waals surface area contributed by atoms with E-state index in [0.29, 0.717) is 5.69 Å². The summed E-state index contributed by atoms with van der Waals surface area (Å²) in [7, 11) is -4.82. The fourth-order valence-electron chi connectivity index (χ4n) is 1.93. The molecule has 2 aromatic rings. The van der Waals surface area contributed by atoms with Gasteiger partial charge in [-0.3, -0.25) is 25.5 Å². The van der Waals surface area contributed by atoms with E-state index in [1.807, 2.05) is 0 Å². The number of hydrogen-bond acceptors (Lipinski definition) is 7. The number of aromatic nitrogens is 1. The number of hydrazone groups is 1. The summed E-state index contributed by atoms with van der Waals surface area (Å²) in [5, 5.41) is 6.38. The number of halogens is 1. The Labute approximate surface area is 175 Å². The first-order chi connectivity index (χ1) is 13.6. The number of benzene rings is 1. The largest absolute Gasteiger partial charge is 0.524 e. The van der Waals surface area contributed by atoms with Crippen LogP contribution in [0.3, 0.4) is 0 Å². The summed E-state index contributed by atoms with van der Waals surface area (Å²) in [6, 6.07) is 7.20. The van der Waals surface area contributed by atoms with Gasteiger partial charge in [0.1, 0.15) is 18.1 Å². The molecule has 1 amide bonds. The SMILES string of the molecule is NC(=S)N/N=C/c1ncccc1NC(=O)OCc1ccc(Cl)cc1OP(=O)(O)O. The third-order valence-electron chi connectivity index (χ3n) is 3.04. The zero-order valence-electron chi connectivity index (χ0n) is 14.5. The molecule has 154 valence electrons. The van der Waals surface area contributed by atoms with E-state index < -0.39 is 13.9 Å². The van der Waals surface area contributed by atoms with Gasteiger partial charge in [0.15, 0.2) is 5.11 Å². The third-order valence-corrected chi connectivity index (χ3v) is 3.80. The fraction of sp³-hybridized carbons (Fsp3) is 0.0667. The van der Waals surface area contributed by atoms with Gasteiger partial charge in [-0.1, -0.05) is 17.7 Å². The number of pyridine rings is 1. The van der Waals surface area contributed by atoms with Crippen molar-refractivity contribution in [2.24, 2.45) is 10.8 Å². The van der Waals surface area contributed by atoms with E-state index in [4.69, 9.17) is 31.9 Å². The minimum atomic E-state index is -4.82. The van der Waals surface area contributed by atoms with E-state index in [9.17, 15) is 9.36 Å². The summed E-state index contributed by atoms with van der Waals surface area (Å²) in [6.07, 6.45) is 1.92. The van der Waals surface area contributed by atoms with Gasteiger partial charge in [0.05, 0.1) is 11.9 Å². The lowest BCUT2D eigenvalue weighted by Crippen LogP contribution is -2.24. The summed E-state index contributed by atoms with van der Waals surface area (Å²) >= 11 is 10.4. The third kappa shape index (κ3) is 8.02. The van der Waals surface area contributed by atoms with Gasteiger partial charge in [-0.05, 0) is 36.5 Å². The van der Waals surface area contributed by atoms with Crippen LogP contribution in [0.15, 0.2) is 41.6 Å². The number of phosphoric ester groups is 1. The molecule has 11 nitrogen and oxygen atoms in total. The molecular weight excluding hydrogens is 445 g/mol. The molecule has 0 bridgehead atoms. The van der Waals surface area contributed by atoms with E-state index >= 15 is 0 Å². The number of phosphoric acid groups is 1. The van der Waals surface area contributed by atoms with E-state index in [0.717, 1.165) is 0 Å². The number of nitrogens with two attached hydrogens (primary N) is 1. The molecule has 0 saturated heterocycles. The van der Waals surface area contributed by atoms with Crippen LogP contribution in [0.4, 0.5) is 10.5 Å². The van der Waals surface area contributed by atoms with Gasteiger partial charge in [-0.15, -0.1) is 0 Å². The molecule has 1 aromatic heterocycles. The second-order valence-corrected chi connectivity index (χ2v) is 7.25. The van der Waals surface area contributed by atoms with Gasteiger partial charge in [-0.25, -0.2) is 9.36 Å². The average molecular weight is 460 g/mol. The van der Waals surface area contributed by atoms with E-state index in [1.165, 1.54) is 30.6 Å². The van der Waals surface area contributed by atoms with Crippen molar-refractivity contribution >= 4 is 54.7 Å². The summed E-state index contributed by atoms with van der Waals surface area (Å²) in [5.41, 5.74) is 8.39. The number of amides is 1. The fourth-order valence-corrected chi connectivity index (χ4v) is 2.57. The molecule has 0 aliphatic carbocycles. The molecule has 1 aromatic carbocycles. The van der Waals surface area contributed by atoms with Gasteiger partial charge in [0, 0.05) is 16.8 Å². The Morgan fingerprint density at radius 1 is 1.41 bits per heavy atom. The minimum absolute atomic E-state index is 0.0395. The van der Waals surface area contributed by atoms with Gasteiger partial charge in [-0.2, -0.15) is 5.10 Å². The Balaban J connectivity index is 2.05. The van der Waals surface area contributed by atoms with Crippen LogP contribution >= 0.6 is 31.6 Å². The number of carbonyl (C=O) groups excluding carboxylic acids is 1. The second kappa shape index (κ2) is 10.1. The predicted octanol–water partition coefficient (Wildman–Crippen LogP) is 2.12. The number of hydrogen-bond donors (Lipinski definition) is 5. The molecule has 0 unspecified atom stereocenters. The summed E-state index contributed by atoms with van der Waals surface area (Å²) < 4.78 is 20.7. The number of nitrogens with zero attached hydrogens (tertiary/aromatic N) is 2. The first-order valence-corrected chi connectivity index (χ1v) is 9.96. The van der Waals surface area contributed by atoms with Gasteiger partial charge in [0.2, 0.25) is 0 Å². The van der Waals surface area contributed by atoms with E-state index in [-0.39, 0.29) is 33.7 Å². The van der Waals surface area contributed by atoms with Crippen molar-refractivity contribution < 1.29 is 28.4 Å². The quantitative estimate of drug-likeness (QED) is 0.179. The number of rotatable bonds is 7. The highest BCUT2D eigenvalue weighted by Crippen LogP contribution is 2.40. The van der Waals surface area contributed by atoms with Crippen molar-refractivity contribution in [3.63, 3.8) is 0 Å². The van der Waals surface area contributed by atoms with Gasteiger partial charge in [0.25, 0.3) is 0 Å². The molecule has 2 rings (SSSR count). The molecule has 0 radical (unpaired) electrons. The topological polar surface area (TPSA) is 168 Å². The first-order valence-electron chi connectivity index (χ1n) is 7.65. The molecule has 0 spiro atoms. The highest BCUT2D eigenvalue weighted by molar-refractivity contribution is 7.80. The Bertz CT molecular complexity index is 985. The van der Waals surface area contributed by atoms with Crippen LogP contribution in [0.2, 0.25) is 5.02 Å². The normalized spacial score (nSPS) is 11.1. The Morgan fingerprint density at radius 2 is 2.17 bits per heavy atom. The lowest BCUT2D eigenvalue weighted by atomic mass is 10.2. The van der Waals surface area contributed by atoms with Crippen molar-refractivity contribution in [3.8, 4) is 5.75 Å². The van der Waals surface area contributed by atoms with E-state index in [2.05, 4.69) is 37.6 Å². The molecule has 14 heteroatoms. The van der Waals surface area contributed by atoms with Gasteiger partial charge >= 0.3 is 13.9 Å². The number of carbonyl (C=O) groups is 1. The van der Waals surface area contributed by atoms with Crippen molar-refractivity contribution in [1.82, 2.24) is 10.4 Å². The van der Waals surface area contributed by atoms with Crippen LogP contribution in [-0.2, 0) is 15.9 Å². The zero-order valence-corrected chi connectivity index (χ0v) is 16.9. The van der Waals surface area contributed by atoms with Crippen LogP contribution < -0.4 is 21.0 Å². The lowest BCUT2D eigenvalue weighted by molar-refractivity contribution is 0.154. The molecule has 0 aliphatic heterocycles. The average Bonchev–Trinajstić information content (AvgIpc) is 2.61. The maximum Gasteiger partial charge on any atom is 0.524 e. The summed E-state index contributed by atoms with van der Waals surface area (Å²) in [5.74, 6) is -0.211. The van der Waals surface area contributed by atoms with Crippen molar-refractivity contribution in [2.45, 2.75) is 6.61 Å². The Morgan fingerprint density at radius 3 is 2.86 bits per heavy atom. The maximum absolute atomic E-state index is 12.1. The highest BCUT2D eigenvalue weighted by Gasteiger charge is 2.19. The first kappa shape index (κ1) is 22.5.